The molecular weight excluding hydrogens is 663 g/mol. The predicted molar refractivity (Wildman–Crippen MR) is 223 cm³/mol. The molecule has 50 heavy (non-hydrogen) atoms. The quantitative estimate of drug-likeness (QED) is 0.178. The first-order chi connectivity index (χ1) is 24.7. The minimum atomic E-state index is 1.14. The normalized spacial score (nSPS) is 12.0. The highest BCUT2D eigenvalue weighted by Gasteiger charge is 2.17. The summed E-state index contributed by atoms with van der Waals surface area (Å²) in [5, 5.41) is 10.5. The summed E-state index contributed by atoms with van der Waals surface area (Å²) in [6.45, 7) is 0. The van der Waals surface area contributed by atoms with Gasteiger partial charge in [0.15, 0.2) is 0 Å². The number of nitrogens with zero attached hydrogens (tertiary/aromatic N) is 1. The van der Waals surface area contributed by atoms with Crippen molar-refractivity contribution in [1.82, 2.24) is 0 Å². The molecule has 0 spiro atoms. The second-order valence-corrected chi connectivity index (χ2v) is 16.2. The number of fused-ring (bicyclic) bond motifs is 10. The van der Waals surface area contributed by atoms with E-state index in [4.69, 9.17) is 0 Å². The van der Waals surface area contributed by atoms with E-state index in [0.717, 1.165) is 17.1 Å². The molecular formula is C46H27NS3. The molecule has 0 radical (unpaired) electrons. The van der Waals surface area contributed by atoms with Gasteiger partial charge in [-0.05, 0) is 94.7 Å². The van der Waals surface area contributed by atoms with Gasteiger partial charge in [-0.3, -0.25) is 0 Å². The molecule has 11 aromatic rings. The smallest absolute Gasteiger partial charge is 0.0476 e. The molecule has 3 aromatic heterocycles. The van der Waals surface area contributed by atoms with Crippen LogP contribution >= 0.6 is 34.0 Å². The lowest BCUT2D eigenvalue weighted by Crippen LogP contribution is -2.09. The van der Waals surface area contributed by atoms with Crippen LogP contribution in [-0.4, -0.2) is 0 Å². The van der Waals surface area contributed by atoms with Crippen LogP contribution in [0.15, 0.2) is 164 Å². The van der Waals surface area contributed by atoms with Gasteiger partial charge in [0.05, 0.1) is 0 Å². The number of thiophene rings is 3. The Bertz CT molecular complexity index is 2990. The van der Waals surface area contributed by atoms with Gasteiger partial charge in [-0.2, -0.15) is 0 Å². The molecule has 0 bridgehead atoms. The lowest BCUT2D eigenvalue weighted by atomic mass is 9.99. The summed E-state index contributed by atoms with van der Waals surface area (Å²) in [5.41, 5.74) is 5.91. The Kier molecular flexibility index (Phi) is 6.23. The molecule has 0 saturated carbocycles. The largest absolute Gasteiger partial charge is 0.310 e. The van der Waals surface area contributed by atoms with E-state index in [9.17, 15) is 0 Å². The van der Waals surface area contributed by atoms with Crippen LogP contribution in [0.2, 0.25) is 0 Å². The summed E-state index contributed by atoms with van der Waals surface area (Å²) >= 11 is 5.61. The van der Waals surface area contributed by atoms with E-state index in [1.165, 1.54) is 82.4 Å². The predicted octanol–water partition coefficient (Wildman–Crippen LogP) is 15.1. The van der Waals surface area contributed by atoms with Gasteiger partial charge in [0.25, 0.3) is 0 Å². The summed E-state index contributed by atoms with van der Waals surface area (Å²) in [6, 6.07) is 60.8. The Morgan fingerprint density at radius 3 is 1.32 bits per heavy atom. The van der Waals surface area contributed by atoms with Crippen LogP contribution in [0.5, 0.6) is 0 Å². The third-order valence-electron chi connectivity index (χ3n) is 10.0. The summed E-state index contributed by atoms with van der Waals surface area (Å²) in [4.78, 5) is 2.41. The lowest BCUT2D eigenvalue weighted by molar-refractivity contribution is 1.30. The zero-order chi connectivity index (χ0) is 32.8. The van der Waals surface area contributed by atoms with Crippen molar-refractivity contribution in [3.63, 3.8) is 0 Å². The van der Waals surface area contributed by atoms with E-state index >= 15 is 0 Å². The molecule has 11 rings (SSSR count). The van der Waals surface area contributed by atoms with Crippen molar-refractivity contribution in [2.45, 2.75) is 0 Å². The van der Waals surface area contributed by atoms with E-state index < -0.39 is 0 Å². The maximum absolute atomic E-state index is 2.41. The molecule has 4 heteroatoms. The number of anilines is 3. The Morgan fingerprint density at radius 1 is 0.280 bits per heavy atom. The lowest BCUT2D eigenvalue weighted by Gasteiger charge is -2.26. The summed E-state index contributed by atoms with van der Waals surface area (Å²) < 4.78 is 7.94. The number of hydrogen-bond acceptors (Lipinski definition) is 4. The van der Waals surface area contributed by atoms with Crippen LogP contribution in [0.25, 0.3) is 82.4 Å². The molecule has 0 atom stereocenters. The molecule has 0 N–H and O–H groups in total. The zero-order valence-electron chi connectivity index (χ0n) is 26.8. The van der Waals surface area contributed by atoms with Crippen molar-refractivity contribution in [2.75, 3.05) is 4.90 Å². The minimum Gasteiger partial charge on any atom is -0.310 e. The van der Waals surface area contributed by atoms with Gasteiger partial charge >= 0.3 is 0 Å². The van der Waals surface area contributed by atoms with Gasteiger partial charge < -0.3 is 4.90 Å². The first kappa shape index (κ1) is 28.3. The average Bonchev–Trinajstić information content (AvgIpc) is 3.84. The highest BCUT2D eigenvalue weighted by atomic mass is 32.1. The number of benzene rings is 8. The SMILES string of the molecule is c1ccc2c(c1)sc1cc(N(c3ccc(-c4ccc5cc6c(cc5c4)sc4ccccc46)cc3)c3ccc4c(c3)sc3ccccc34)ccc12. The van der Waals surface area contributed by atoms with Crippen LogP contribution in [0.3, 0.4) is 0 Å². The fourth-order valence-electron chi connectivity index (χ4n) is 7.61. The molecule has 0 saturated heterocycles. The molecule has 234 valence electrons. The Morgan fingerprint density at radius 2 is 0.740 bits per heavy atom. The summed E-state index contributed by atoms with van der Waals surface area (Å²) in [5.74, 6) is 0. The van der Waals surface area contributed by atoms with Gasteiger partial charge in [-0.15, -0.1) is 34.0 Å². The summed E-state index contributed by atoms with van der Waals surface area (Å²) in [6.07, 6.45) is 0. The molecule has 0 aliphatic rings. The molecule has 3 heterocycles. The highest BCUT2D eigenvalue weighted by molar-refractivity contribution is 7.26. The van der Waals surface area contributed by atoms with Gasteiger partial charge in [0.2, 0.25) is 0 Å². The molecule has 0 aliphatic carbocycles. The molecule has 0 fully saturated rings. The third-order valence-corrected chi connectivity index (χ3v) is 13.4. The molecule has 0 aliphatic heterocycles. The monoisotopic (exact) mass is 689 g/mol. The van der Waals surface area contributed by atoms with Gasteiger partial charge in [0.1, 0.15) is 0 Å². The zero-order valence-corrected chi connectivity index (χ0v) is 29.2. The fraction of sp³-hybridized carbons (Fsp3) is 0. The Balaban J connectivity index is 1.03. The van der Waals surface area contributed by atoms with E-state index in [2.05, 4.69) is 169 Å². The van der Waals surface area contributed by atoms with Gasteiger partial charge in [-0.1, -0.05) is 91.0 Å². The number of hydrogen-bond donors (Lipinski definition) is 0. The van der Waals surface area contributed by atoms with E-state index in [1.807, 2.05) is 34.0 Å². The fourth-order valence-corrected chi connectivity index (χ4v) is 11.0. The van der Waals surface area contributed by atoms with Gasteiger partial charge in [-0.25, -0.2) is 0 Å². The first-order valence-electron chi connectivity index (χ1n) is 16.8. The van der Waals surface area contributed by atoms with Crippen molar-refractivity contribution in [3.05, 3.63) is 164 Å². The summed E-state index contributed by atoms with van der Waals surface area (Å²) in [7, 11) is 0. The van der Waals surface area contributed by atoms with Crippen molar-refractivity contribution in [1.29, 1.82) is 0 Å². The average molecular weight is 690 g/mol. The van der Waals surface area contributed by atoms with Crippen LogP contribution in [-0.2, 0) is 0 Å². The highest BCUT2D eigenvalue weighted by Crippen LogP contribution is 2.44. The van der Waals surface area contributed by atoms with Gasteiger partial charge in [0, 0.05) is 77.6 Å². The van der Waals surface area contributed by atoms with Crippen molar-refractivity contribution in [3.8, 4) is 11.1 Å². The van der Waals surface area contributed by atoms with E-state index in [-0.39, 0.29) is 0 Å². The van der Waals surface area contributed by atoms with Crippen molar-refractivity contribution in [2.24, 2.45) is 0 Å². The molecule has 0 unspecified atom stereocenters. The maximum Gasteiger partial charge on any atom is 0.0476 e. The first-order valence-corrected chi connectivity index (χ1v) is 19.3. The Hall–Kier alpha value is -5.52. The van der Waals surface area contributed by atoms with Crippen LogP contribution in [0, 0.1) is 0 Å². The second kappa shape index (κ2) is 11.0. The van der Waals surface area contributed by atoms with E-state index in [0.29, 0.717) is 0 Å². The Labute approximate surface area is 300 Å². The van der Waals surface area contributed by atoms with Crippen LogP contribution < -0.4 is 4.90 Å². The molecule has 8 aromatic carbocycles. The van der Waals surface area contributed by atoms with Crippen LogP contribution in [0.1, 0.15) is 0 Å². The molecule has 0 amide bonds. The van der Waals surface area contributed by atoms with Crippen molar-refractivity contribution >= 4 is 122 Å². The minimum absolute atomic E-state index is 1.14. The standard InChI is InChI=1S/C46H27NS3/c1-4-10-41-35(7-1)38-21-19-33(26-45(38)49-41)47(34-20-22-39-36-8-2-5-11-42(36)50-46(39)27-34)32-17-15-28(16-18-32)29-13-14-30-24-40-37-9-3-6-12-43(37)48-44(40)25-31(30)23-29/h1-27H. The second-order valence-electron chi connectivity index (χ2n) is 12.9. The number of rotatable bonds is 4. The topological polar surface area (TPSA) is 3.24 Å². The molecule has 1 nitrogen and oxygen atoms in total. The van der Waals surface area contributed by atoms with Crippen LogP contribution in [0.4, 0.5) is 17.1 Å². The van der Waals surface area contributed by atoms with Crippen molar-refractivity contribution < 1.29 is 0 Å². The van der Waals surface area contributed by atoms with E-state index in [1.54, 1.807) is 0 Å². The third kappa shape index (κ3) is 4.43. The maximum atomic E-state index is 2.41.